The van der Waals surface area contributed by atoms with Gasteiger partial charge in [-0.25, -0.2) is 0 Å². The number of halogens is 3. The van der Waals surface area contributed by atoms with Gasteiger partial charge >= 0.3 is 0 Å². The van der Waals surface area contributed by atoms with Crippen molar-refractivity contribution < 1.29 is 9.90 Å². The van der Waals surface area contributed by atoms with Crippen LogP contribution >= 0.6 is 39.1 Å². The van der Waals surface area contributed by atoms with E-state index in [9.17, 15) is 15.2 Å². The molecule has 0 aliphatic rings. The van der Waals surface area contributed by atoms with Crippen molar-refractivity contribution in [2.24, 2.45) is 0 Å². The molecule has 0 aliphatic carbocycles. The van der Waals surface area contributed by atoms with E-state index in [0.717, 1.165) is 0 Å². The van der Waals surface area contributed by atoms with Gasteiger partial charge in [-0.3, -0.25) is 4.79 Å². The maximum absolute atomic E-state index is 12.2. The summed E-state index contributed by atoms with van der Waals surface area (Å²) in [5.74, 6) is -0.703. The molecule has 2 N–H and O–H groups in total. The molecule has 0 unspecified atom stereocenters. The van der Waals surface area contributed by atoms with Crippen LogP contribution in [0, 0.1) is 11.3 Å². The highest BCUT2D eigenvalue weighted by Gasteiger charge is 2.13. The number of amides is 1. The summed E-state index contributed by atoms with van der Waals surface area (Å²) < 4.78 is 0.706. The Hall–Kier alpha value is -2.00. The lowest BCUT2D eigenvalue weighted by Crippen LogP contribution is -2.13. The standard InChI is InChI=1S/C16H9BrCl2N2O2/c17-11-4-5-14(22)9(7-11)6-10(8-20)16(23)21-13-3-1-2-12(18)15(13)19/h1-7,22H,(H,21,23)/b10-6+. The monoisotopic (exact) mass is 410 g/mol. The molecular weight excluding hydrogens is 403 g/mol. The number of nitrogens with zero attached hydrogens (tertiary/aromatic N) is 1. The number of carbonyl (C=O) groups is 1. The number of carbonyl (C=O) groups excluding carboxylic acids is 1. The molecule has 0 heterocycles. The van der Waals surface area contributed by atoms with Crippen LogP contribution in [0.2, 0.25) is 10.0 Å². The molecule has 0 atom stereocenters. The minimum atomic E-state index is -0.656. The molecule has 2 rings (SSSR count). The molecule has 0 aromatic heterocycles. The van der Waals surface area contributed by atoms with Crippen LogP contribution in [0.15, 0.2) is 46.4 Å². The van der Waals surface area contributed by atoms with Gasteiger partial charge in [0.1, 0.15) is 17.4 Å². The van der Waals surface area contributed by atoms with E-state index in [1.165, 1.54) is 12.1 Å². The molecule has 116 valence electrons. The lowest BCUT2D eigenvalue weighted by Gasteiger charge is -2.08. The summed E-state index contributed by atoms with van der Waals surface area (Å²) in [4.78, 5) is 12.2. The molecule has 2 aromatic carbocycles. The molecular formula is C16H9BrCl2N2O2. The van der Waals surface area contributed by atoms with Crippen LogP contribution in [0.3, 0.4) is 0 Å². The van der Waals surface area contributed by atoms with E-state index < -0.39 is 5.91 Å². The van der Waals surface area contributed by atoms with Gasteiger partial charge in [-0.15, -0.1) is 0 Å². The van der Waals surface area contributed by atoms with Crippen LogP contribution in [0.5, 0.6) is 5.75 Å². The fourth-order valence-corrected chi connectivity index (χ4v) is 2.46. The molecule has 23 heavy (non-hydrogen) atoms. The first-order valence-electron chi connectivity index (χ1n) is 6.28. The Morgan fingerprint density at radius 3 is 2.74 bits per heavy atom. The van der Waals surface area contributed by atoms with Gasteiger partial charge in [0.25, 0.3) is 5.91 Å². The molecule has 0 saturated carbocycles. The van der Waals surface area contributed by atoms with Gasteiger partial charge in [0.15, 0.2) is 0 Å². The van der Waals surface area contributed by atoms with E-state index in [1.807, 2.05) is 0 Å². The van der Waals surface area contributed by atoms with Gasteiger partial charge in [0.2, 0.25) is 0 Å². The average molecular weight is 412 g/mol. The van der Waals surface area contributed by atoms with Crippen molar-refractivity contribution >= 4 is 56.8 Å². The summed E-state index contributed by atoms with van der Waals surface area (Å²) in [6, 6.07) is 11.3. The molecule has 1 amide bonds. The molecule has 0 saturated heterocycles. The molecule has 0 spiro atoms. The molecule has 4 nitrogen and oxygen atoms in total. The minimum Gasteiger partial charge on any atom is -0.507 e. The lowest BCUT2D eigenvalue weighted by molar-refractivity contribution is -0.112. The summed E-state index contributed by atoms with van der Waals surface area (Å²) in [5, 5.41) is 22.0. The maximum atomic E-state index is 12.2. The summed E-state index contributed by atoms with van der Waals surface area (Å²) >= 11 is 15.1. The van der Waals surface area contributed by atoms with Crippen molar-refractivity contribution in [3.05, 3.63) is 62.1 Å². The van der Waals surface area contributed by atoms with Gasteiger partial charge in [0, 0.05) is 10.0 Å². The minimum absolute atomic E-state index is 0.0467. The zero-order chi connectivity index (χ0) is 17.0. The first-order valence-corrected chi connectivity index (χ1v) is 7.83. The van der Waals surface area contributed by atoms with Crippen molar-refractivity contribution in [3.63, 3.8) is 0 Å². The number of phenolic OH excluding ortho intramolecular Hbond substituents is 1. The summed E-state index contributed by atoms with van der Waals surface area (Å²) in [7, 11) is 0. The number of benzene rings is 2. The normalized spacial score (nSPS) is 11.0. The van der Waals surface area contributed by atoms with Crippen LogP contribution in [0.4, 0.5) is 5.69 Å². The predicted molar refractivity (Wildman–Crippen MR) is 94.5 cm³/mol. The smallest absolute Gasteiger partial charge is 0.266 e. The van der Waals surface area contributed by atoms with E-state index in [2.05, 4.69) is 21.2 Å². The summed E-state index contributed by atoms with van der Waals surface area (Å²) in [5.41, 5.74) is 0.446. The van der Waals surface area contributed by atoms with Gasteiger partial charge in [-0.05, 0) is 36.4 Å². The highest BCUT2D eigenvalue weighted by molar-refractivity contribution is 9.10. The van der Waals surface area contributed by atoms with Crippen molar-refractivity contribution in [3.8, 4) is 11.8 Å². The first-order chi connectivity index (χ1) is 10.9. The third-order valence-corrected chi connectivity index (χ3v) is 4.17. The Bertz CT molecular complexity index is 844. The number of phenols is 1. The number of hydrogen-bond acceptors (Lipinski definition) is 3. The third-order valence-electron chi connectivity index (χ3n) is 2.85. The number of rotatable bonds is 3. The topological polar surface area (TPSA) is 73.1 Å². The number of aromatic hydroxyl groups is 1. The van der Waals surface area contributed by atoms with Gasteiger partial charge in [-0.1, -0.05) is 45.2 Å². The quantitative estimate of drug-likeness (QED) is 0.550. The average Bonchev–Trinajstić information content (AvgIpc) is 2.52. The maximum Gasteiger partial charge on any atom is 0.266 e. The van der Waals surface area contributed by atoms with E-state index in [0.29, 0.717) is 15.7 Å². The number of nitriles is 1. The second-order valence-electron chi connectivity index (χ2n) is 4.43. The van der Waals surface area contributed by atoms with Crippen molar-refractivity contribution in [1.82, 2.24) is 0 Å². The van der Waals surface area contributed by atoms with Crippen LogP contribution in [0.1, 0.15) is 5.56 Å². The molecule has 0 radical (unpaired) electrons. The van der Waals surface area contributed by atoms with Gasteiger partial charge in [-0.2, -0.15) is 5.26 Å². The highest BCUT2D eigenvalue weighted by Crippen LogP contribution is 2.30. The number of anilines is 1. The summed E-state index contributed by atoms with van der Waals surface area (Å²) in [6.07, 6.45) is 1.29. The molecule has 7 heteroatoms. The Morgan fingerprint density at radius 2 is 2.04 bits per heavy atom. The second kappa shape index (κ2) is 7.51. The molecule has 0 fully saturated rings. The SMILES string of the molecule is N#C/C(=C\c1cc(Br)ccc1O)C(=O)Nc1cccc(Cl)c1Cl. The Labute approximate surface area is 151 Å². The molecule has 0 aliphatic heterocycles. The number of nitrogens with one attached hydrogen (secondary N) is 1. The fourth-order valence-electron chi connectivity index (χ4n) is 1.74. The van der Waals surface area contributed by atoms with Crippen molar-refractivity contribution in [2.45, 2.75) is 0 Å². The zero-order valence-electron chi connectivity index (χ0n) is 11.5. The van der Waals surface area contributed by atoms with Crippen LogP contribution in [-0.2, 0) is 4.79 Å². The van der Waals surface area contributed by atoms with E-state index >= 15 is 0 Å². The summed E-state index contributed by atoms with van der Waals surface area (Å²) in [6.45, 7) is 0. The largest absolute Gasteiger partial charge is 0.507 e. The van der Waals surface area contributed by atoms with Crippen molar-refractivity contribution in [2.75, 3.05) is 5.32 Å². The van der Waals surface area contributed by atoms with Crippen molar-refractivity contribution in [1.29, 1.82) is 5.26 Å². The predicted octanol–water partition coefficient (Wildman–Crippen LogP) is 5.01. The van der Waals surface area contributed by atoms with Crippen LogP contribution in [-0.4, -0.2) is 11.0 Å². The Kier molecular flexibility index (Phi) is 5.67. The number of hydrogen-bond donors (Lipinski definition) is 2. The fraction of sp³-hybridized carbons (Fsp3) is 0. The highest BCUT2D eigenvalue weighted by atomic mass is 79.9. The van der Waals surface area contributed by atoms with Gasteiger partial charge < -0.3 is 10.4 Å². The third kappa shape index (κ3) is 4.26. The van der Waals surface area contributed by atoms with Gasteiger partial charge in [0.05, 0.1) is 15.7 Å². The van der Waals surface area contributed by atoms with Crippen LogP contribution < -0.4 is 5.32 Å². The first kappa shape index (κ1) is 17.4. The van der Waals surface area contributed by atoms with E-state index in [1.54, 1.807) is 36.4 Å². The lowest BCUT2D eigenvalue weighted by atomic mass is 10.1. The molecule has 0 bridgehead atoms. The molecule has 2 aromatic rings. The Morgan fingerprint density at radius 1 is 1.30 bits per heavy atom. The zero-order valence-corrected chi connectivity index (χ0v) is 14.6. The van der Waals surface area contributed by atoms with Crippen LogP contribution in [0.25, 0.3) is 6.08 Å². The van der Waals surface area contributed by atoms with E-state index in [4.69, 9.17) is 23.2 Å². The Balaban J connectivity index is 2.32. The second-order valence-corrected chi connectivity index (χ2v) is 6.13. The van der Waals surface area contributed by atoms with E-state index in [-0.39, 0.29) is 21.4 Å².